The summed E-state index contributed by atoms with van der Waals surface area (Å²) in [6.45, 7) is 6.22. The van der Waals surface area contributed by atoms with Gasteiger partial charge >= 0.3 is 0 Å². The molecule has 2 heteroatoms. The van der Waals surface area contributed by atoms with Crippen molar-refractivity contribution in [1.82, 2.24) is 5.32 Å². The molecule has 0 bridgehead atoms. The van der Waals surface area contributed by atoms with Crippen LogP contribution in [-0.4, -0.2) is 11.9 Å². The van der Waals surface area contributed by atoms with Crippen molar-refractivity contribution in [3.05, 3.63) is 41.0 Å². The van der Waals surface area contributed by atoms with Crippen LogP contribution in [0.25, 0.3) is 6.08 Å². The molecule has 0 radical (unpaired) electrons. The topological polar surface area (TPSA) is 29.1 Å². The largest absolute Gasteiger partial charge is 0.350 e. The molecule has 1 aliphatic carbocycles. The lowest BCUT2D eigenvalue weighted by Gasteiger charge is -2.10. The van der Waals surface area contributed by atoms with E-state index in [1.165, 1.54) is 24.0 Å². The van der Waals surface area contributed by atoms with E-state index in [1.807, 2.05) is 6.08 Å². The molecule has 1 saturated carbocycles. The standard InChI is InChI=1S/C16H21NO/c1-11-4-5-14(12(2)10-11)8-9-16(18)17-13(3)15-6-7-15/h4-5,8-10,13,15H,6-7H2,1-3H3,(H,17,18)/b9-8+. The summed E-state index contributed by atoms with van der Waals surface area (Å²) in [6.07, 6.45) is 6.03. The number of hydrogen-bond acceptors (Lipinski definition) is 1. The Kier molecular flexibility index (Phi) is 3.85. The first-order chi connectivity index (χ1) is 8.56. The van der Waals surface area contributed by atoms with Crippen molar-refractivity contribution in [2.24, 2.45) is 5.92 Å². The van der Waals surface area contributed by atoms with Gasteiger partial charge in [0.1, 0.15) is 0 Å². The van der Waals surface area contributed by atoms with Crippen molar-refractivity contribution in [2.45, 2.75) is 39.7 Å². The van der Waals surface area contributed by atoms with Crippen LogP contribution in [0.4, 0.5) is 0 Å². The number of carbonyl (C=O) groups is 1. The highest BCUT2D eigenvalue weighted by molar-refractivity contribution is 5.92. The lowest BCUT2D eigenvalue weighted by atomic mass is 10.1. The molecule has 96 valence electrons. The van der Waals surface area contributed by atoms with E-state index in [0.717, 1.165) is 5.56 Å². The van der Waals surface area contributed by atoms with Crippen molar-refractivity contribution >= 4 is 12.0 Å². The molecule has 2 nitrogen and oxygen atoms in total. The average Bonchev–Trinajstić information content (AvgIpc) is 3.11. The van der Waals surface area contributed by atoms with Gasteiger partial charge in [0.25, 0.3) is 0 Å². The summed E-state index contributed by atoms with van der Waals surface area (Å²) in [7, 11) is 0. The Balaban J connectivity index is 1.94. The molecular weight excluding hydrogens is 222 g/mol. The van der Waals surface area contributed by atoms with Gasteiger partial charge in [0, 0.05) is 12.1 Å². The van der Waals surface area contributed by atoms with Crippen LogP contribution in [0.2, 0.25) is 0 Å². The molecule has 1 atom stereocenters. The minimum atomic E-state index is 0.00868. The van der Waals surface area contributed by atoms with Crippen molar-refractivity contribution in [2.75, 3.05) is 0 Å². The molecule has 1 aromatic rings. The summed E-state index contributed by atoms with van der Waals surface area (Å²) in [6, 6.07) is 6.56. The molecule has 0 saturated heterocycles. The SMILES string of the molecule is Cc1ccc(/C=C/C(=O)NC(C)C2CC2)c(C)c1. The lowest BCUT2D eigenvalue weighted by Crippen LogP contribution is -2.32. The molecule has 0 aromatic heterocycles. The average molecular weight is 243 g/mol. The van der Waals surface area contributed by atoms with E-state index in [2.05, 4.69) is 44.3 Å². The zero-order chi connectivity index (χ0) is 13.1. The second-order valence-corrected chi connectivity index (χ2v) is 5.33. The van der Waals surface area contributed by atoms with Gasteiger partial charge in [0.05, 0.1) is 0 Å². The number of benzene rings is 1. The third-order valence-electron chi connectivity index (χ3n) is 3.54. The number of aryl methyl sites for hydroxylation is 2. The maximum atomic E-state index is 11.7. The van der Waals surface area contributed by atoms with E-state index in [0.29, 0.717) is 12.0 Å². The third-order valence-corrected chi connectivity index (χ3v) is 3.54. The quantitative estimate of drug-likeness (QED) is 0.808. The van der Waals surface area contributed by atoms with Crippen LogP contribution < -0.4 is 5.32 Å². The van der Waals surface area contributed by atoms with Crippen LogP contribution in [-0.2, 0) is 4.79 Å². The minimum Gasteiger partial charge on any atom is -0.350 e. The fourth-order valence-electron chi connectivity index (χ4n) is 2.16. The molecule has 0 aliphatic heterocycles. The maximum Gasteiger partial charge on any atom is 0.244 e. The fourth-order valence-corrected chi connectivity index (χ4v) is 2.16. The van der Waals surface area contributed by atoms with Gasteiger partial charge < -0.3 is 5.32 Å². The number of hydrogen-bond donors (Lipinski definition) is 1. The van der Waals surface area contributed by atoms with Gasteiger partial charge in [-0.05, 0) is 56.7 Å². The Hall–Kier alpha value is -1.57. The van der Waals surface area contributed by atoms with Gasteiger partial charge in [-0.1, -0.05) is 23.8 Å². The molecule has 1 unspecified atom stereocenters. The van der Waals surface area contributed by atoms with Gasteiger partial charge in [0.2, 0.25) is 5.91 Å². The third kappa shape index (κ3) is 3.46. The molecule has 18 heavy (non-hydrogen) atoms. The molecule has 1 aliphatic rings. The van der Waals surface area contributed by atoms with E-state index in [1.54, 1.807) is 6.08 Å². The van der Waals surface area contributed by atoms with Crippen LogP contribution in [0.5, 0.6) is 0 Å². The molecule has 1 amide bonds. The monoisotopic (exact) mass is 243 g/mol. The smallest absolute Gasteiger partial charge is 0.244 e. The lowest BCUT2D eigenvalue weighted by molar-refractivity contribution is -0.117. The second-order valence-electron chi connectivity index (χ2n) is 5.33. The summed E-state index contributed by atoms with van der Waals surface area (Å²) in [4.78, 5) is 11.7. The van der Waals surface area contributed by atoms with Gasteiger partial charge in [-0.3, -0.25) is 4.79 Å². The van der Waals surface area contributed by atoms with Crippen LogP contribution in [0.1, 0.15) is 36.5 Å². The van der Waals surface area contributed by atoms with Crippen LogP contribution in [0, 0.1) is 19.8 Å². The minimum absolute atomic E-state index is 0.00868. The Morgan fingerprint density at radius 2 is 2.11 bits per heavy atom. The summed E-state index contributed by atoms with van der Waals surface area (Å²) in [5.41, 5.74) is 3.56. The van der Waals surface area contributed by atoms with E-state index in [9.17, 15) is 4.79 Å². The second kappa shape index (κ2) is 5.38. The molecule has 1 aromatic carbocycles. The van der Waals surface area contributed by atoms with Crippen LogP contribution in [0.15, 0.2) is 24.3 Å². The predicted octanol–water partition coefficient (Wildman–Crippen LogP) is 3.23. The van der Waals surface area contributed by atoms with E-state index < -0.39 is 0 Å². The molecule has 0 heterocycles. The predicted molar refractivity (Wildman–Crippen MR) is 75.3 cm³/mol. The number of rotatable bonds is 4. The molecule has 0 spiro atoms. The van der Waals surface area contributed by atoms with E-state index in [4.69, 9.17) is 0 Å². The Bertz CT molecular complexity index is 472. The highest BCUT2D eigenvalue weighted by Gasteiger charge is 2.28. The zero-order valence-electron chi connectivity index (χ0n) is 11.4. The van der Waals surface area contributed by atoms with Gasteiger partial charge in [-0.15, -0.1) is 0 Å². The molecule has 1 fully saturated rings. The van der Waals surface area contributed by atoms with Crippen molar-refractivity contribution in [3.8, 4) is 0 Å². The first kappa shape index (κ1) is 12.9. The molecule has 1 N–H and O–H groups in total. The molecule has 2 rings (SSSR count). The first-order valence-corrected chi connectivity index (χ1v) is 6.62. The number of nitrogens with one attached hydrogen (secondary N) is 1. The maximum absolute atomic E-state index is 11.7. The highest BCUT2D eigenvalue weighted by Crippen LogP contribution is 2.32. The van der Waals surface area contributed by atoms with Gasteiger partial charge in [-0.2, -0.15) is 0 Å². The highest BCUT2D eigenvalue weighted by atomic mass is 16.1. The van der Waals surface area contributed by atoms with E-state index >= 15 is 0 Å². The van der Waals surface area contributed by atoms with E-state index in [-0.39, 0.29) is 5.91 Å². The van der Waals surface area contributed by atoms with Gasteiger partial charge in [-0.25, -0.2) is 0 Å². The summed E-state index contributed by atoms with van der Waals surface area (Å²) < 4.78 is 0. The Morgan fingerprint density at radius 1 is 1.39 bits per heavy atom. The Labute approximate surface area is 109 Å². The Morgan fingerprint density at radius 3 is 2.72 bits per heavy atom. The van der Waals surface area contributed by atoms with Crippen LogP contribution >= 0.6 is 0 Å². The fraction of sp³-hybridized carbons (Fsp3) is 0.438. The van der Waals surface area contributed by atoms with Crippen molar-refractivity contribution in [1.29, 1.82) is 0 Å². The first-order valence-electron chi connectivity index (χ1n) is 6.62. The molecular formula is C16H21NO. The van der Waals surface area contributed by atoms with Crippen molar-refractivity contribution < 1.29 is 4.79 Å². The number of amides is 1. The summed E-state index contributed by atoms with van der Waals surface area (Å²) in [5.74, 6) is 0.706. The van der Waals surface area contributed by atoms with Crippen molar-refractivity contribution in [3.63, 3.8) is 0 Å². The zero-order valence-corrected chi connectivity index (χ0v) is 11.4. The normalized spacial score (nSPS) is 16.8. The van der Waals surface area contributed by atoms with Crippen LogP contribution in [0.3, 0.4) is 0 Å². The number of carbonyl (C=O) groups excluding carboxylic acids is 1. The van der Waals surface area contributed by atoms with Gasteiger partial charge in [0.15, 0.2) is 0 Å². The summed E-state index contributed by atoms with van der Waals surface area (Å²) in [5, 5.41) is 3.02. The summed E-state index contributed by atoms with van der Waals surface area (Å²) >= 11 is 0.